The van der Waals surface area contributed by atoms with Crippen LogP contribution < -0.4 is 10.1 Å². The van der Waals surface area contributed by atoms with Gasteiger partial charge in [-0.15, -0.1) is 0 Å². The van der Waals surface area contributed by atoms with Gasteiger partial charge in [-0.05, 0) is 30.5 Å². The van der Waals surface area contributed by atoms with Crippen molar-refractivity contribution >= 4 is 17.7 Å². The van der Waals surface area contributed by atoms with E-state index in [1.807, 2.05) is 29.2 Å². The van der Waals surface area contributed by atoms with Gasteiger partial charge in [-0.25, -0.2) is 0 Å². The predicted octanol–water partition coefficient (Wildman–Crippen LogP) is 0.577. The quantitative estimate of drug-likeness (QED) is 0.853. The minimum Gasteiger partial charge on any atom is -0.497 e. The SMILES string of the molecule is COc1ccc(CC(=O)N2CCCN(C(=O)C3CCC(=O)N3)CC2)cc1. The number of amides is 3. The molecule has 2 aliphatic rings. The summed E-state index contributed by atoms with van der Waals surface area (Å²) in [5.41, 5.74) is 0.946. The maximum atomic E-state index is 12.6. The van der Waals surface area contributed by atoms with Gasteiger partial charge in [-0.2, -0.15) is 0 Å². The zero-order chi connectivity index (χ0) is 18.5. The van der Waals surface area contributed by atoms with E-state index in [0.717, 1.165) is 17.7 Å². The number of hydrogen-bond acceptors (Lipinski definition) is 4. The van der Waals surface area contributed by atoms with Crippen molar-refractivity contribution in [3.8, 4) is 5.75 Å². The van der Waals surface area contributed by atoms with Crippen LogP contribution in [0.4, 0.5) is 0 Å². The van der Waals surface area contributed by atoms with Crippen LogP contribution in [0.15, 0.2) is 24.3 Å². The molecule has 1 unspecified atom stereocenters. The van der Waals surface area contributed by atoms with Gasteiger partial charge in [0.2, 0.25) is 17.7 Å². The van der Waals surface area contributed by atoms with Crippen molar-refractivity contribution in [2.75, 3.05) is 33.3 Å². The number of nitrogens with one attached hydrogen (secondary N) is 1. The Morgan fingerprint density at radius 3 is 2.46 bits per heavy atom. The Hall–Kier alpha value is -2.57. The summed E-state index contributed by atoms with van der Waals surface area (Å²) in [6, 6.07) is 7.09. The minimum absolute atomic E-state index is 0.0275. The lowest BCUT2D eigenvalue weighted by molar-refractivity contribution is -0.135. The zero-order valence-electron chi connectivity index (χ0n) is 15.1. The maximum Gasteiger partial charge on any atom is 0.245 e. The smallest absolute Gasteiger partial charge is 0.245 e. The number of nitrogens with zero attached hydrogens (tertiary/aromatic N) is 2. The summed E-state index contributed by atoms with van der Waals surface area (Å²) in [4.78, 5) is 40.0. The molecule has 1 aromatic carbocycles. The second-order valence-electron chi connectivity index (χ2n) is 6.74. The third-order valence-electron chi connectivity index (χ3n) is 4.97. The lowest BCUT2D eigenvalue weighted by Gasteiger charge is -2.24. The Morgan fingerprint density at radius 1 is 1.12 bits per heavy atom. The molecule has 2 aliphatic heterocycles. The highest BCUT2D eigenvalue weighted by Gasteiger charge is 2.31. The van der Waals surface area contributed by atoms with Crippen LogP contribution in [0.3, 0.4) is 0 Å². The molecule has 0 radical (unpaired) electrons. The molecular weight excluding hydrogens is 334 g/mol. The largest absolute Gasteiger partial charge is 0.497 e. The molecule has 0 aromatic heterocycles. The van der Waals surface area contributed by atoms with E-state index in [2.05, 4.69) is 5.32 Å². The van der Waals surface area contributed by atoms with Gasteiger partial charge in [0.25, 0.3) is 0 Å². The number of methoxy groups -OCH3 is 1. The molecular formula is C19H25N3O4. The number of carbonyl (C=O) groups is 3. The minimum atomic E-state index is -0.399. The standard InChI is InChI=1S/C19H25N3O4/c1-26-15-5-3-14(4-6-15)13-18(24)21-9-2-10-22(12-11-21)19(25)16-7-8-17(23)20-16/h3-6,16H,2,7-13H2,1H3,(H,20,23). The van der Waals surface area contributed by atoms with Crippen LogP contribution in [0, 0.1) is 0 Å². The van der Waals surface area contributed by atoms with Crippen molar-refractivity contribution in [3.63, 3.8) is 0 Å². The van der Waals surface area contributed by atoms with Crippen LogP contribution in [0.25, 0.3) is 0 Å². The first kappa shape index (κ1) is 18.2. The van der Waals surface area contributed by atoms with Gasteiger partial charge in [0.1, 0.15) is 11.8 Å². The number of benzene rings is 1. The van der Waals surface area contributed by atoms with Crippen LogP contribution in [0.2, 0.25) is 0 Å². The fraction of sp³-hybridized carbons (Fsp3) is 0.526. The topological polar surface area (TPSA) is 79.0 Å². The molecule has 1 N–H and O–H groups in total. The first-order valence-electron chi connectivity index (χ1n) is 9.05. The summed E-state index contributed by atoms with van der Waals surface area (Å²) < 4.78 is 5.13. The van der Waals surface area contributed by atoms with Crippen LogP contribution >= 0.6 is 0 Å². The number of hydrogen-bond donors (Lipinski definition) is 1. The van der Waals surface area contributed by atoms with Gasteiger partial charge in [-0.1, -0.05) is 12.1 Å². The number of carbonyl (C=O) groups excluding carboxylic acids is 3. The molecule has 1 aromatic rings. The van der Waals surface area contributed by atoms with E-state index in [-0.39, 0.29) is 17.7 Å². The number of ether oxygens (including phenoxy) is 1. The van der Waals surface area contributed by atoms with E-state index in [9.17, 15) is 14.4 Å². The lowest BCUT2D eigenvalue weighted by Crippen LogP contribution is -2.46. The highest BCUT2D eigenvalue weighted by Crippen LogP contribution is 2.15. The molecule has 0 spiro atoms. The van der Waals surface area contributed by atoms with Crippen molar-refractivity contribution in [2.24, 2.45) is 0 Å². The summed E-state index contributed by atoms with van der Waals surface area (Å²) in [6.45, 7) is 2.31. The Bertz CT molecular complexity index is 674. The van der Waals surface area contributed by atoms with E-state index >= 15 is 0 Å². The van der Waals surface area contributed by atoms with E-state index in [0.29, 0.717) is 45.4 Å². The molecule has 26 heavy (non-hydrogen) atoms. The summed E-state index contributed by atoms with van der Waals surface area (Å²) in [5, 5.41) is 2.73. The Kier molecular flexibility index (Phi) is 5.75. The average Bonchev–Trinajstić information content (AvgIpc) is 2.93. The summed E-state index contributed by atoms with van der Waals surface area (Å²) in [7, 11) is 1.61. The molecule has 1 atom stereocenters. The van der Waals surface area contributed by atoms with Crippen molar-refractivity contribution in [1.82, 2.24) is 15.1 Å². The lowest BCUT2D eigenvalue weighted by atomic mass is 10.1. The second kappa shape index (κ2) is 8.21. The predicted molar refractivity (Wildman–Crippen MR) is 95.6 cm³/mol. The molecule has 2 fully saturated rings. The van der Waals surface area contributed by atoms with E-state index in [1.165, 1.54) is 0 Å². The van der Waals surface area contributed by atoms with Crippen molar-refractivity contribution in [2.45, 2.75) is 31.7 Å². The molecule has 0 aliphatic carbocycles. The highest BCUT2D eigenvalue weighted by molar-refractivity contribution is 5.90. The third kappa shape index (κ3) is 4.33. The van der Waals surface area contributed by atoms with Gasteiger partial charge in [-0.3, -0.25) is 14.4 Å². The van der Waals surface area contributed by atoms with Gasteiger partial charge in [0, 0.05) is 32.6 Å². The molecule has 0 bridgehead atoms. The summed E-state index contributed by atoms with van der Waals surface area (Å²) in [5.74, 6) is 0.748. The Morgan fingerprint density at radius 2 is 1.81 bits per heavy atom. The second-order valence-corrected chi connectivity index (χ2v) is 6.74. The summed E-state index contributed by atoms with van der Waals surface area (Å²) >= 11 is 0. The molecule has 0 saturated carbocycles. The first-order chi connectivity index (χ1) is 12.6. The van der Waals surface area contributed by atoms with Crippen molar-refractivity contribution in [3.05, 3.63) is 29.8 Å². The van der Waals surface area contributed by atoms with Crippen molar-refractivity contribution < 1.29 is 19.1 Å². The third-order valence-corrected chi connectivity index (χ3v) is 4.97. The zero-order valence-corrected chi connectivity index (χ0v) is 15.1. The summed E-state index contributed by atoms with van der Waals surface area (Å²) in [6.07, 6.45) is 2.07. The fourth-order valence-corrected chi connectivity index (χ4v) is 3.44. The average molecular weight is 359 g/mol. The molecule has 7 nitrogen and oxygen atoms in total. The van der Waals surface area contributed by atoms with Crippen LogP contribution in [0.1, 0.15) is 24.8 Å². The highest BCUT2D eigenvalue weighted by atomic mass is 16.5. The monoisotopic (exact) mass is 359 g/mol. The van der Waals surface area contributed by atoms with Gasteiger partial charge in [0.15, 0.2) is 0 Å². The maximum absolute atomic E-state index is 12.6. The molecule has 2 heterocycles. The molecule has 140 valence electrons. The number of rotatable bonds is 4. The van der Waals surface area contributed by atoms with E-state index in [4.69, 9.17) is 4.74 Å². The van der Waals surface area contributed by atoms with Crippen molar-refractivity contribution in [1.29, 1.82) is 0 Å². The van der Waals surface area contributed by atoms with Crippen LogP contribution in [0.5, 0.6) is 5.75 Å². The van der Waals surface area contributed by atoms with E-state index < -0.39 is 6.04 Å². The van der Waals surface area contributed by atoms with Crippen LogP contribution in [-0.4, -0.2) is 66.9 Å². The molecule has 3 amide bonds. The van der Waals surface area contributed by atoms with Gasteiger partial charge < -0.3 is 19.9 Å². The van der Waals surface area contributed by atoms with Gasteiger partial charge in [0.05, 0.1) is 13.5 Å². The van der Waals surface area contributed by atoms with E-state index in [1.54, 1.807) is 12.0 Å². The van der Waals surface area contributed by atoms with Gasteiger partial charge >= 0.3 is 0 Å². The molecule has 2 saturated heterocycles. The normalized spacial score (nSPS) is 20.5. The molecule has 3 rings (SSSR count). The molecule has 7 heteroatoms. The first-order valence-corrected chi connectivity index (χ1v) is 9.05. The van der Waals surface area contributed by atoms with Crippen LogP contribution in [-0.2, 0) is 20.8 Å². The Balaban J connectivity index is 1.53. The fourth-order valence-electron chi connectivity index (χ4n) is 3.44. The Labute approximate surface area is 153 Å².